The maximum absolute atomic E-state index is 12.4. The summed E-state index contributed by atoms with van der Waals surface area (Å²) in [5.74, 6) is 0.442. The summed E-state index contributed by atoms with van der Waals surface area (Å²) in [4.78, 5) is 24.6. The summed E-state index contributed by atoms with van der Waals surface area (Å²) < 4.78 is 5.44. The Kier molecular flexibility index (Phi) is 7.94. The van der Waals surface area contributed by atoms with Crippen molar-refractivity contribution in [1.29, 1.82) is 0 Å². The second-order valence-corrected chi connectivity index (χ2v) is 7.82. The van der Waals surface area contributed by atoms with Gasteiger partial charge in [-0.2, -0.15) is 0 Å². The van der Waals surface area contributed by atoms with Crippen LogP contribution in [-0.4, -0.2) is 23.5 Å². The Morgan fingerprint density at radius 3 is 2.19 bits per heavy atom. The van der Waals surface area contributed by atoms with Gasteiger partial charge in [-0.25, -0.2) is 0 Å². The monoisotopic (exact) mass is 447 g/mol. The molecular formula is C25H25N3O3S. The van der Waals surface area contributed by atoms with Gasteiger partial charge < -0.3 is 15.4 Å². The maximum Gasteiger partial charge on any atom is 0.262 e. The zero-order chi connectivity index (χ0) is 22.9. The smallest absolute Gasteiger partial charge is 0.262 e. The summed E-state index contributed by atoms with van der Waals surface area (Å²) in [5, 5.41) is 8.56. The summed E-state index contributed by atoms with van der Waals surface area (Å²) in [6, 6.07) is 23.6. The molecule has 0 aliphatic carbocycles. The third kappa shape index (κ3) is 6.92. The van der Waals surface area contributed by atoms with Gasteiger partial charge in [-0.05, 0) is 66.2 Å². The predicted octanol–water partition coefficient (Wildman–Crippen LogP) is 4.95. The van der Waals surface area contributed by atoms with Crippen molar-refractivity contribution in [3.63, 3.8) is 0 Å². The number of hydrogen-bond acceptors (Lipinski definition) is 4. The topological polar surface area (TPSA) is 79.5 Å². The van der Waals surface area contributed by atoms with Gasteiger partial charge in [0.1, 0.15) is 5.75 Å². The van der Waals surface area contributed by atoms with Crippen LogP contribution < -0.4 is 20.7 Å². The fourth-order valence-electron chi connectivity index (χ4n) is 2.89. The standard InChI is InChI=1S/C25H25N3O3S/c1-17(2)18-11-13-19(14-12-18)24(30)28-25(32)27-21-8-6-7-20(15-21)26-23(29)16-31-22-9-4-3-5-10-22/h3-15,17H,16H2,1-2H3,(H,26,29)(H2,27,28,30,32). The van der Waals surface area contributed by atoms with Gasteiger partial charge in [-0.15, -0.1) is 0 Å². The second-order valence-electron chi connectivity index (χ2n) is 7.42. The van der Waals surface area contributed by atoms with Crippen LogP contribution in [0.1, 0.15) is 35.7 Å². The van der Waals surface area contributed by atoms with E-state index in [4.69, 9.17) is 17.0 Å². The number of anilines is 2. The molecule has 3 N–H and O–H groups in total. The zero-order valence-electron chi connectivity index (χ0n) is 17.9. The van der Waals surface area contributed by atoms with Gasteiger partial charge in [0.15, 0.2) is 11.7 Å². The summed E-state index contributed by atoms with van der Waals surface area (Å²) in [6.45, 7) is 4.09. The molecule has 0 aliphatic rings. The van der Waals surface area contributed by atoms with Crippen molar-refractivity contribution in [1.82, 2.24) is 5.32 Å². The van der Waals surface area contributed by atoms with Crippen molar-refractivity contribution in [3.8, 4) is 5.75 Å². The molecule has 0 fully saturated rings. The van der Waals surface area contributed by atoms with Crippen LogP contribution in [0.15, 0.2) is 78.9 Å². The van der Waals surface area contributed by atoms with E-state index in [1.807, 2.05) is 30.3 Å². The Balaban J connectivity index is 1.51. The van der Waals surface area contributed by atoms with Gasteiger partial charge in [0.25, 0.3) is 11.8 Å². The highest BCUT2D eigenvalue weighted by molar-refractivity contribution is 7.80. The molecule has 32 heavy (non-hydrogen) atoms. The second kappa shape index (κ2) is 11.1. The zero-order valence-corrected chi connectivity index (χ0v) is 18.7. The Morgan fingerprint density at radius 2 is 1.53 bits per heavy atom. The van der Waals surface area contributed by atoms with Crippen LogP contribution in [0, 0.1) is 0 Å². The molecule has 0 aromatic heterocycles. The number of carbonyl (C=O) groups excluding carboxylic acids is 2. The lowest BCUT2D eigenvalue weighted by Gasteiger charge is -2.12. The molecule has 0 radical (unpaired) electrons. The molecule has 3 aromatic rings. The molecule has 0 saturated carbocycles. The van der Waals surface area contributed by atoms with E-state index < -0.39 is 0 Å². The SMILES string of the molecule is CC(C)c1ccc(C(=O)NC(=S)Nc2cccc(NC(=O)COc3ccccc3)c2)cc1. The molecular weight excluding hydrogens is 422 g/mol. The first-order valence-electron chi connectivity index (χ1n) is 10.2. The highest BCUT2D eigenvalue weighted by Crippen LogP contribution is 2.16. The Labute approximate surface area is 193 Å². The van der Waals surface area contributed by atoms with Crippen molar-refractivity contribution in [2.75, 3.05) is 17.2 Å². The number of rotatable bonds is 7. The van der Waals surface area contributed by atoms with E-state index in [1.54, 1.807) is 48.5 Å². The van der Waals surface area contributed by atoms with Gasteiger partial charge in [-0.3, -0.25) is 14.9 Å². The predicted molar refractivity (Wildman–Crippen MR) is 131 cm³/mol. The minimum atomic E-state index is -0.291. The van der Waals surface area contributed by atoms with Gasteiger partial charge in [0.2, 0.25) is 0 Å². The first kappa shape index (κ1) is 23.0. The molecule has 164 valence electrons. The molecule has 0 atom stereocenters. The van der Waals surface area contributed by atoms with E-state index >= 15 is 0 Å². The van der Waals surface area contributed by atoms with E-state index in [0.717, 1.165) is 5.56 Å². The number of ether oxygens (including phenoxy) is 1. The van der Waals surface area contributed by atoms with Crippen molar-refractivity contribution in [2.45, 2.75) is 19.8 Å². The molecule has 0 saturated heterocycles. The lowest BCUT2D eigenvalue weighted by molar-refractivity contribution is -0.118. The number of nitrogens with one attached hydrogen (secondary N) is 3. The highest BCUT2D eigenvalue weighted by Gasteiger charge is 2.10. The van der Waals surface area contributed by atoms with Crippen LogP contribution >= 0.6 is 12.2 Å². The summed E-state index contributed by atoms with van der Waals surface area (Å²) >= 11 is 5.26. The molecule has 0 bridgehead atoms. The molecule has 0 aliphatic heterocycles. The molecule has 3 aromatic carbocycles. The van der Waals surface area contributed by atoms with E-state index in [0.29, 0.717) is 28.6 Å². The fraction of sp³-hybridized carbons (Fsp3) is 0.160. The molecule has 6 nitrogen and oxygen atoms in total. The first-order valence-corrected chi connectivity index (χ1v) is 10.6. The van der Waals surface area contributed by atoms with Crippen LogP contribution in [0.2, 0.25) is 0 Å². The lowest BCUT2D eigenvalue weighted by atomic mass is 10.0. The van der Waals surface area contributed by atoms with Crippen LogP contribution in [-0.2, 0) is 4.79 Å². The van der Waals surface area contributed by atoms with Crippen molar-refractivity contribution >= 4 is 40.5 Å². The summed E-state index contributed by atoms with van der Waals surface area (Å²) in [6.07, 6.45) is 0. The van der Waals surface area contributed by atoms with Crippen molar-refractivity contribution < 1.29 is 14.3 Å². The number of hydrogen-bond donors (Lipinski definition) is 3. The fourth-order valence-corrected chi connectivity index (χ4v) is 3.10. The van der Waals surface area contributed by atoms with E-state index in [9.17, 15) is 9.59 Å². The first-order chi connectivity index (χ1) is 15.4. The minimum Gasteiger partial charge on any atom is -0.484 e. The summed E-state index contributed by atoms with van der Waals surface area (Å²) in [7, 11) is 0. The molecule has 0 unspecified atom stereocenters. The van der Waals surface area contributed by atoms with Crippen LogP contribution in [0.25, 0.3) is 0 Å². The minimum absolute atomic E-state index is 0.105. The van der Waals surface area contributed by atoms with E-state index in [2.05, 4.69) is 29.8 Å². The highest BCUT2D eigenvalue weighted by atomic mass is 32.1. The molecule has 0 spiro atoms. The van der Waals surface area contributed by atoms with E-state index in [-0.39, 0.29) is 23.5 Å². The maximum atomic E-state index is 12.4. The molecule has 3 rings (SSSR count). The van der Waals surface area contributed by atoms with Crippen LogP contribution in [0.5, 0.6) is 5.75 Å². The number of benzene rings is 3. The lowest BCUT2D eigenvalue weighted by Crippen LogP contribution is -2.34. The largest absolute Gasteiger partial charge is 0.484 e. The number of para-hydroxylation sites is 1. The van der Waals surface area contributed by atoms with Gasteiger partial charge in [0, 0.05) is 16.9 Å². The van der Waals surface area contributed by atoms with E-state index in [1.165, 1.54) is 0 Å². The van der Waals surface area contributed by atoms with Gasteiger partial charge >= 0.3 is 0 Å². The Morgan fingerprint density at radius 1 is 0.875 bits per heavy atom. The quantitative estimate of drug-likeness (QED) is 0.447. The third-order valence-electron chi connectivity index (χ3n) is 4.58. The Bertz CT molecular complexity index is 1080. The molecule has 0 heterocycles. The van der Waals surface area contributed by atoms with Gasteiger partial charge in [-0.1, -0.05) is 50.2 Å². The van der Waals surface area contributed by atoms with Crippen molar-refractivity contribution in [2.24, 2.45) is 0 Å². The average molecular weight is 448 g/mol. The Hall–Kier alpha value is -3.71. The van der Waals surface area contributed by atoms with Crippen LogP contribution in [0.4, 0.5) is 11.4 Å². The molecule has 7 heteroatoms. The van der Waals surface area contributed by atoms with Gasteiger partial charge in [0.05, 0.1) is 0 Å². The molecule has 2 amide bonds. The number of carbonyl (C=O) groups is 2. The number of thiocarbonyl (C=S) groups is 1. The third-order valence-corrected chi connectivity index (χ3v) is 4.79. The normalized spacial score (nSPS) is 10.3. The average Bonchev–Trinajstić information content (AvgIpc) is 2.78. The van der Waals surface area contributed by atoms with Crippen molar-refractivity contribution in [3.05, 3.63) is 90.0 Å². The summed E-state index contributed by atoms with van der Waals surface area (Å²) in [5.41, 5.74) is 2.90. The van der Waals surface area contributed by atoms with Crippen LogP contribution in [0.3, 0.4) is 0 Å². The number of amides is 2.